The van der Waals surface area contributed by atoms with Crippen LogP contribution in [0.3, 0.4) is 0 Å². The van der Waals surface area contributed by atoms with E-state index in [1.807, 2.05) is 13.0 Å². The van der Waals surface area contributed by atoms with Crippen molar-refractivity contribution in [2.45, 2.75) is 26.7 Å². The average molecular weight is 399 g/mol. The molecule has 0 fully saturated rings. The molecule has 0 heterocycles. The Morgan fingerprint density at radius 2 is 1.50 bits per heavy atom. The number of carbonyl (C=O) groups excluding carboxylic acids is 1. The van der Waals surface area contributed by atoms with Gasteiger partial charge in [0.25, 0.3) is 0 Å². The third-order valence-electron chi connectivity index (χ3n) is 3.07. The van der Waals surface area contributed by atoms with Gasteiger partial charge in [-0.25, -0.2) is 8.78 Å². The van der Waals surface area contributed by atoms with Gasteiger partial charge in [-0.15, -0.1) is 0 Å². The zero-order chi connectivity index (χ0) is 18.3. The second kappa shape index (κ2) is 9.27. The van der Waals surface area contributed by atoms with E-state index in [2.05, 4.69) is 15.9 Å². The molecule has 3 nitrogen and oxygen atoms in total. The van der Waals surface area contributed by atoms with E-state index in [-0.39, 0.29) is 24.2 Å². The number of halogens is 3. The molecule has 0 saturated carbocycles. The van der Waals surface area contributed by atoms with Crippen molar-refractivity contribution in [3.05, 3.63) is 69.2 Å². The summed E-state index contributed by atoms with van der Waals surface area (Å²) >= 11 is 3.05. The number of ketones is 1. The lowest BCUT2D eigenvalue weighted by molar-refractivity contribution is -0.136. The Kier molecular flexibility index (Phi) is 7.71. The number of carboxylic acids is 1. The first-order valence-electron chi connectivity index (χ1n) is 7.13. The molecule has 0 spiro atoms. The molecule has 2 rings (SSSR count). The van der Waals surface area contributed by atoms with Gasteiger partial charge in [-0.05, 0) is 65.2 Å². The fraction of sp³-hybridized carbons (Fsp3) is 0.222. The predicted molar refractivity (Wildman–Crippen MR) is 91.2 cm³/mol. The number of carboxylic acid groups (broad SMARTS) is 1. The number of aliphatic carboxylic acids is 1. The molecule has 1 N–H and O–H groups in total. The summed E-state index contributed by atoms with van der Waals surface area (Å²) in [5.74, 6) is -2.33. The quantitative estimate of drug-likeness (QED) is 0.730. The van der Waals surface area contributed by atoms with Crippen LogP contribution in [0.15, 0.2) is 40.9 Å². The predicted octanol–water partition coefficient (Wildman–Crippen LogP) is 5.08. The second-order valence-corrected chi connectivity index (χ2v) is 6.07. The molecule has 0 atom stereocenters. The lowest BCUT2D eigenvalue weighted by atomic mass is 10.0. The minimum absolute atomic E-state index is 0.0400. The molecule has 128 valence electrons. The van der Waals surface area contributed by atoms with Crippen molar-refractivity contribution in [2.24, 2.45) is 0 Å². The van der Waals surface area contributed by atoms with Gasteiger partial charge in [-0.2, -0.15) is 0 Å². The third-order valence-corrected chi connectivity index (χ3v) is 3.71. The van der Waals surface area contributed by atoms with Gasteiger partial charge in [-0.1, -0.05) is 12.1 Å². The molecule has 0 aromatic heterocycles. The van der Waals surface area contributed by atoms with Crippen LogP contribution in [0.1, 0.15) is 34.3 Å². The lowest BCUT2D eigenvalue weighted by Gasteiger charge is -2.01. The van der Waals surface area contributed by atoms with Gasteiger partial charge >= 0.3 is 5.97 Å². The maximum absolute atomic E-state index is 13.3. The molecule has 2 aromatic rings. The summed E-state index contributed by atoms with van der Waals surface area (Å²) in [6.07, 6.45) is -0.443. The average Bonchev–Trinajstić information content (AvgIpc) is 2.49. The molecular weight excluding hydrogens is 382 g/mol. The van der Waals surface area contributed by atoms with Crippen molar-refractivity contribution in [2.75, 3.05) is 0 Å². The first-order valence-corrected chi connectivity index (χ1v) is 7.92. The number of hydrogen-bond acceptors (Lipinski definition) is 2. The molecule has 0 radical (unpaired) electrons. The van der Waals surface area contributed by atoms with Gasteiger partial charge < -0.3 is 5.11 Å². The Labute approximate surface area is 147 Å². The summed E-state index contributed by atoms with van der Waals surface area (Å²) < 4.78 is 26.3. The van der Waals surface area contributed by atoms with Crippen molar-refractivity contribution in [3.63, 3.8) is 0 Å². The Morgan fingerprint density at radius 1 is 0.958 bits per heavy atom. The van der Waals surface area contributed by atoms with Crippen LogP contribution in [0.25, 0.3) is 0 Å². The maximum Gasteiger partial charge on any atom is 0.303 e. The van der Waals surface area contributed by atoms with Crippen molar-refractivity contribution < 1.29 is 23.5 Å². The molecule has 2 aromatic carbocycles. The second-order valence-electron chi connectivity index (χ2n) is 5.22. The number of benzene rings is 2. The zero-order valence-electron chi connectivity index (χ0n) is 13.3. The molecule has 0 aliphatic rings. The molecular formula is C18H17BrF2O3. The van der Waals surface area contributed by atoms with E-state index in [4.69, 9.17) is 5.11 Å². The fourth-order valence-electron chi connectivity index (χ4n) is 1.80. The summed E-state index contributed by atoms with van der Waals surface area (Å²) in [7, 11) is 0. The number of carbonyl (C=O) groups is 2. The van der Waals surface area contributed by atoms with E-state index >= 15 is 0 Å². The highest BCUT2D eigenvalue weighted by atomic mass is 79.9. The van der Waals surface area contributed by atoms with Crippen molar-refractivity contribution in [1.82, 2.24) is 0 Å². The Morgan fingerprint density at radius 3 is 1.96 bits per heavy atom. The van der Waals surface area contributed by atoms with Crippen LogP contribution in [0.5, 0.6) is 0 Å². The van der Waals surface area contributed by atoms with E-state index in [0.717, 1.165) is 11.1 Å². The molecule has 6 heteroatoms. The summed E-state index contributed by atoms with van der Waals surface area (Å²) in [5.41, 5.74) is 1.62. The number of hydrogen-bond donors (Lipinski definition) is 1. The van der Waals surface area contributed by atoms with Crippen LogP contribution in [0.4, 0.5) is 8.78 Å². The molecule has 0 unspecified atom stereocenters. The Bertz CT molecular complexity index is 745. The van der Waals surface area contributed by atoms with Crippen molar-refractivity contribution >= 4 is 27.7 Å². The molecule has 0 bridgehead atoms. The van der Waals surface area contributed by atoms with Crippen LogP contribution in [-0.2, 0) is 4.79 Å². The molecule has 0 aliphatic carbocycles. The Balaban J connectivity index is 0.000000272. The minimum atomic E-state index is -1.06. The first kappa shape index (κ1) is 20.0. The highest BCUT2D eigenvalue weighted by Gasteiger charge is 2.12. The van der Waals surface area contributed by atoms with Gasteiger partial charge in [0.15, 0.2) is 5.78 Å². The smallest absolute Gasteiger partial charge is 0.303 e. The van der Waals surface area contributed by atoms with E-state index in [1.165, 1.54) is 18.2 Å². The largest absolute Gasteiger partial charge is 0.481 e. The highest BCUT2D eigenvalue weighted by molar-refractivity contribution is 9.10. The van der Waals surface area contributed by atoms with Gasteiger partial charge in [0, 0.05) is 6.42 Å². The van der Waals surface area contributed by atoms with E-state index in [0.29, 0.717) is 4.47 Å². The van der Waals surface area contributed by atoms with Crippen LogP contribution < -0.4 is 0 Å². The van der Waals surface area contributed by atoms with Crippen LogP contribution in [0, 0.1) is 25.5 Å². The number of aryl methyl sites for hydroxylation is 2. The van der Waals surface area contributed by atoms with E-state index < -0.39 is 17.6 Å². The van der Waals surface area contributed by atoms with E-state index in [9.17, 15) is 18.4 Å². The SMILES string of the molecule is Cc1ccc(Br)c(F)c1.Cc1ccc(C(=O)CCC(=O)O)c(F)c1. The lowest BCUT2D eigenvalue weighted by Crippen LogP contribution is -2.06. The highest BCUT2D eigenvalue weighted by Crippen LogP contribution is 2.15. The minimum Gasteiger partial charge on any atom is -0.481 e. The van der Waals surface area contributed by atoms with Crippen molar-refractivity contribution in [1.29, 1.82) is 0 Å². The van der Waals surface area contributed by atoms with Crippen LogP contribution in [-0.4, -0.2) is 16.9 Å². The maximum atomic E-state index is 13.3. The molecule has 24 heavy (non-hydrogen) atoms. The van der Waals surface area contributed by atoms with E-state index in [1.54, 1.807) is 19.1 Å². The van der Waals surface area contributed by atoms with Crippen LogP contribution in [0.2, 0.25) is 0 Å². The third kappa shape index (κ3) is 6.58. The molecule has 0 aliphatic heterocycles. The summed E-state index contributed by atoms with van der Waals surface area (Å²) in [5, 5.41) is 8.38. The van der Waals surface area contributed by atoms with Gasteiger partial charge in [0.2, 0.25) is 0 Å². The molecule has 0 amide bonds. The summed E-state index contributed by atoms with van der Waals surface area (Å²) in [6.45, 7) is 3.57. The number of rotatable bonds is 4. The standard InChI is InChI=1S/C11H11FO3.C7H6BrF/c1-7-2-3-8(9(12)6-7)10(13)4-5-11(14)15;1-5-2-3-6(8)7(9)4-5/h2-3,6H,4-5H2,1H3,(H,14,15);2-4H,1H3. The topological polar surface area (TPSA) is 54.4 Å². The van der Waals surface area contributed by atoms with Crippen molar-refractivity contribution in [3.8, 4) is 0 Å². The normalized spacial score (nSPS) is 9.88. The van der Waals surface area contributed by atoms with Gasteiger partial charge in [0.05, 0.1) is 16.5 Å². The number of Topliss-reactive ketones (excluding diaryl/α,β-unsaturated/α-hetero) is 1. The summed E-state index contributed by atoms with van der Waals surface area (Å²) in [4.78, 5) is 21.6. The van der Waals surface area contributed by atoms with Crippen LogP contribution >= 0.6 is 15.9 Å². The Hall–Kier alpha value is -2.08. The molecule has 0 saturated heterocycles. The fourth-order valence-corrected chi connectivity index (χ4v) is 2.05. The monoisotopic (exact) mass is 398 g/mol. The first-order chi connectivity index (χ1) is 11.2. The van der Waals surface area contributed by atoms with Gasteiger partial charge in [0.1, 0.15) is 11.6 Å². The van der Waals surface area contributed by atoms with Gasteiger partial charge in [-0.3, -0.25) is 9.59 Å². The zero-order valence-corrected chi connectivity index (χ0v) is 14.9. The summed E-state index contributed by atoms with van der Waals surface area (Å²) in [6, 6.07) is 9.31.